The molecule has 4 nitrogen and oxygen atoms in total. The number of likely N-dealkylation sites (N-methyl/N-ethyl adjacent to an activating group) is 1. The Morgan fingerprint density at radius 1 is 1.12 bits per heavy atom. The zero-order chi connectivity index (χ0) is 16.9. The Hall–Kier alpha value is -2.18. The van der Waals surface area contributed by atoms with E-state index in [1.165, 1.54) is 17.0 Å². The molecule has 0 aliphatic carbocycles. The zero-order valence-corrected chi connectivity index (χ0v) is 14.5. The second-order valence-corrected chi connectivity index (χ2v) is 6.59. The largest absolute Gasteiger partial charge is 0.292 e. The van der Waals surface area contributed by atoms with Gasteiger partial charge in [-0.05, 0) is 44.2 Å². The van der Waals surface area contributed by atoms with Gasteiger partial charge in [0.25, 0.3) is 0 Å². The Labute approximate surface area is 145 Å². The molecule has 0 aliphatic heterocycles. The number of hydrogen-bond acceptors (Lipinski definition) is 5. The van der Waals surface area contributed by atoms with Crippen LogP contribution in [0.4, 0.5) is 4.39 Å². The molecule has 0 N–H and O–H groups in total. The van der Waals surface area contributed by atoms with Crippen molar-refractivity contribution in [2.45, 2.75) is 19.4 Å². The van der Waals surface area contributed by atoms with Gasteiger partial charge in [0.2, 0.25) is 0 Å². The SMILES string of the molecule is Cc1ncsc1CCN(C)C(c1ccc(F)cc1)c1ncccn1. The van der Waals surface area contributed by atoms with Crippen LogP contribution < -0.4 is 0 Å². The summed E-state index contributed by atoms with van der Waals surface area (Å²) < 4.78 is 13.3. The van der Waals surface area contributed by atoms with Crippen molar-refractivity contribution < 1.29 is 4.39 Å². The molecule has 0 fully saturated rings. The van der Waals surface area contributed by atoms with E-state index in [0.717, 1.165) is 24.2 Å². The number of aromatic nitrogens is 3. The molecule has 1 unspecified atom stereocenters. The van der Waals surface area contributed by atoms with Crippen molar-refractivity contribution in [3.05, 3.63) is 76.0 Å². The van der Waals surface area contributed by atoms with Crippen LogP contribution >= 0.6 is 11.3 Å². The molecule has 0 saturated carbocycles. The van der Waals surface area contributed by atoms with Gasteiger partial charge in [0.1, 0.15) is 11.6 Å². The van der Waals surface area contributed by atoms with E-state index >= 15 is 0 Å². The predicted octanol–water partition coefficient (Wildman–Crippen LogP) is 3.64. The summed E-state index contributed by atoms with van der Waals surface area (Å²) in [4.78, 5) is 16.6. The number of thiazole rings is 1. The van der Waals surface area contributed by atoms with Gasteiger partial charge >= 0.3 is 0 Å². The van der Waals surface area contributed by atoms with Crippen LogP contribution in [0.3, 0.4) is 0 Å². The van der Waals surface area contributed by atoms with Crippen LogP contribution in [0.2, 0.25) is 0 Å². The Morgan fingerprint density at radius 3 is 2.46 bits per heavy atom. The summed E-state index contributed by atoms with van der Waals surface area (Å²) in [6.07, 6.45) is 4.39. The molecule has 124 valence electrons. The van der Waals surface area contributed by atoms with Gasteiger partial charge in [-0.1, -0.05) is 12.1 Å². The van der Waals surface area contributed by atoms with Crippen molar-refractivity contribution in [1.82, 2.24) is 19.9 Å². The lowest BCUT2D eigenvalue weighted by molar-refractivity contribution is 0.273. The molecule has 1 atom stereocenters. The average Bonchev–Trinajstić information content (AvgIpc) is 3.01. The van der Waals surface area contributed by atoms with E-state index in [-0.39, 0.29) is 11.9 Å². The van der Waals surface area contributed by atoms with Gasteiger partial charge in [-0.15, -0.1) is 11.3 Å². The Balaban J connectivity index is 1.83. The first-order valence-corrected chi connectivity index (χ1v) is 8.64. The lowest BCUT2D eigenvalue weighted by Crippen LogP contribution is -2.29. The first-order valence-electron chi connectivity index (χ1n) is 7.76. The van der Waals surface area contributed by atoms with Crippen LogP contribution in [0.15, 0.2) is 48.2 Å². The maximum atomic E-state index is 13.3. The second-order valence-electron chi connectivity index (χ2n) is 5.65. The molecule has 0 spiro atoms. The van der Waals surface area contributed by atoms with E-state index in [4.69, 9.17) is 0 Å². The average molecular weight is 342 g/mol. The molecule has 6 heteroatoms. The van der Waals surface area contributed by atoms with Gasteiger partial charge in [-0.2, -0.15) is 0 Å². The van der Waals surface area contributed by atoms with E-state index in [2.05, 4.69) is 19.9 Å². The number of nitrogens with zero attached hydrogens (tertiary/aromatic N) is 4. The van der Waals surface area contributed by atoms with Gasteiger partial charge in [0.15, 0.2) is 0 Å². The van der Waals surface area contributed by atoms with Gasteiger partial charge in [-0.3, -0.25) is 4.90 Å². The maximum absolute atomic E-state index is 13.3. The van der Waals surface area contributed by atoms with Crippen LogP contribution in [0.25, 0.3) is 0 Å². The number of aryl methyl sites for hydroxylation is 1. The third-order valence-electron chi connectivity index (χ3n) is 3.99. The summed E-state index contributed by atoms with van der Waals surface area (Å²) in [7, 11) is 2.04. The normalized spacial score (nSPS) is 12.5. The third kappa shape index (κ3) is 3.83. The lowest BCUT2D eigenvalue weighted by Gasteiger charge is -2.27. The standard InChI is InChI=1S/C18H19FN4S/c1-13-16(24-12-22-13)8-11-23(2)17(18-20-9-3-10-21-18)14-4-6-15(19)7-5-14/h3-7,9-10,12,17H,8,11H2,1-2H3. The highest BCUT2D eigenvalue weighted by Crippen LogP contribution is 2.25. The predicted molar refractivity (Wildman–Crippen MR) is 93.5 cm³/mol. The maximum Gasteiger partial charge on any atom is 0.149 e. The minimum atomic E-state index is -0.241. The van der Waals surface area contributed by atoms with Crippen molar-refractivity contribution in [2.24, 2.45) is 0 Å². The molecule has 0 bridgehead atoms. The number of hydrogen-bond donors (Lipinski definition) is 0. The molecule has 3 rings (SSSR count). The highest BCUT2D eigenvalue weighted by molar-refractivity contribution is 7.09. The molecule has 2 heterocycles. The highest BCUT2D eigenvalue weighted by atomic mass is 32.1. The topological polar surface area (TPSA) is 41.9 Å². The highest BCUT2D eigenvalue weighted by Gasteiger charge is 2.22. The lowest BCUT2D eigenvalue weighted by atomic mass is 10.0. The second kappa shape index (κ2) is 7.59. The monoisotopic (exact) mass is 342 g/mol. The van der Waals surface area contributed by atoms with E-state index < -0.39 is 0 Å². The Kier molecular flexibility index (Phi) is 5.27. The number of halogens is 1. The fraction of sp³-hybridized carbons (Fsp3) is 0.278. The quantitative estimate of drug-likeness (QED) is 0.686. The van der Waals surface area contributed by atoms with Crippen LogP contribution in [-0.4, -0.2) is 33.4 Å². The van der Waals surface area contributed by atoms with Crippen molar-refractivity contribution >= 4 is 11.3 Å². The minimum Gasteiger partial charge on any atom is -0.292 e. The summed E-state index contributed by atoms with van der Waals surface area (Å²) in [6.45, 7) is 2.87. The first-order chi connectivity index (χ1) is 11.6. The number of rotatable bonds is 6. The van der Waals surface area contributed by atoms with Crippen LogP contribution in [-0.2, 0) is 6.42 Å². The first kappa shape index (κ1) is 16.7. The third-order valence-corrected chi connectivity index (χ3v) is 4.99. The fourth-order valence-electron chi connectivity index (χ4n) is 2.67. The van der Waals surface area contributed by atoms with Crippen molar-refractivity contribution in [3.8, 4) is 0 Å². The van der Waals surface area contributed by atoms with Crippen LogP contribution in [0.1, 0.15) is 28.0 Å². The summed E-state index contributed by atoms with van der Waals surface area (Å²) in [6, 6.07) is 8.24. The van der Waals surface area contributed by atoms with E-state index in [1.54, 1.807) is 41.9 Å². The molecular weight excluding hydrogens is 323 g/mol. The van der Waals surface area contributed by atoms with Crippen molar-refractivity contribution in [3.63, 3.8) is 0 Å². The van der Waals surface area contributed by atoms with Crippen molar-refractivity contribution in [2.75, 3.05) is 13.6 Å². The minimum absolute atomic E-state index is 0.111. The van der Waals surface area contributed by atoms with Gasteiger partial charge < -0.3 is 0 Å². The van der Waals surface area contributed by atoms with Gasteiger partial charge in [0.05, 0.1) is 17.2 Å². The molecule has 1 aromatic carbocycles. The summed E-state index contributed by atoms with van der Waals surface area (Å²) in [5.74, 6) is 0.474. The van der Waals surface area contributed by atoms with Crippen molar-refractivity contribution in [1.29, 1.82) is 0 Å². The molecule has 0 radical (unpaired) electrons. The van der Waals surface area contributed by atoms with Gasteiger partial charge in [0, 0.05) is 23.8 Å². The van der Waals surface area contributed by atoms with E-state index in [9.17, 15) is 4.39 Å². The molecule has 0 saturated heterocycles. The molecule has 0 amide bonds. The number of benzene rings is 1. The van der Waals surface area contributed by atoms with Gasteiger partial charge in [-0.25, -0.2) is 19.3 Å². The summed E-state index contributed by atoms with van der Waals surface area (Å²) in [5, 5.41) is 0. The van der Waals surface area contributed by atoms with E-state index in [1.807, 2.05) is 19.5 Å². The molecule has 3 aromatic rings. The Bertz CT molecular complexity index is 773. The molecule has 0 aliphatic rings. The fourth-order valence-corrected chi connectivity index (χ4v) is 3.44. The smallest absolute Gasteiger partial charge is 0.149 e. The molecular formula is C18H19FN4S. The summed E-state index contributed by atoms with van der Waals surface area (Å²) >= 11 is 1.68. The zero-order valence-electron chi connectivity index (χ0n) is 13.7. The summed E-state index contributed by atoms with van der Waals surface area (Å²) in [5.41, 5.74) is 3.94. The van der Waals surface area contributed by atoms with Crippen LogP contribution in [0.5, 0.6) is 0 Å². The Morgan fingerprint density at radius 2 is 1.83 bits per heavy atom. The molecule has 2 aromatic heterocycles. The van der Waals surface area contributed by atoms with E-state index in [0.29, 0.717) is 5.82 Å². The van der Waals surface area contributed by atoms with Crippen LogP contribution in [0, 0.1) is 12.7 Å². The molecule has 24 heavy (non-hydrogen) atoms.